The van der Waals surface area contributed by atoms with E-state index in [-0.39, 0.29) is 5.56 Å². The molecule has 2 rings (SSSR count). The first kappa shape index (κ1) is 6.90. The van der Waals surface area contributed by atoms with Crippen molar-refractivity contribution in [3.05, 3.63) is 38.7 Å². The molecule has 0 aromatic carbocycles. The number of nitrogens with one attached hydrogen (secondary N) is 3. The maximum atomic E-state index is 11.1. The van der Waals surface area contributed by atoms with Crippen molar-refractivity contribution >= 4 is 5.82 Å². The molecule has 0 bridgehead atoms. The molecule has 1 aromatic rings. The number of hydrogen-bond donors (Lipinski definition) is 3. The van der Waals surface area contributed by atoms with Crippen LogP contribution in [0.2, 0.25) is 0 Å². The van der Waals surface area contributed by atoms with E-state index < -0.39 is 5.69 Å². The van der Waals surface area contributed by atoms with E-state index >= 15 is 0 Å². The van der Waals surface area contributed by atoms with Crippen LogP contribution >= 0.6 is 0 Å². The summed E-state index contributed by atoms with van der Waals surface area (Å²) in [6.45, 7) is 0. The van der Waals surface area contributed by atoms with Crippen LogP contribution in [0.3, 0.4) is 0 Å². The first-order valence-electron chi connectivity index (χ1n) is 3.54. The smallest absolute Gasteiger partial charge is 0.327 e. The van der Waals surface area contributed by atoms with Gasteiger partial charge in [-0.1, -0.05) is 6.08 Å². The van der Waals surface area contributed by atoms with Gasteiger partial charge in [-0.3, -0.25) is 14.8 Å². The van der Waals surface area contributed by atoms with Crippen molar-refractivity contribution in [1.29, 1.82) is 0 Å². The van der Waals surface area contributed by atoms with Crippen molar-refractivity contribution in [2.75, 3.05) is 5.32 Å². The molecular weight excluding hydrogens is 158 g/mol. The van der Waals surface area contributed by atoms with Crippen LogP contribution in [0.15, 0.2) is 21.9 Å². The lowest BCUT2D eigenvalue weighted by Gasteiger charge is -2.09. The average molecular weight is 165 g/mol. The van der Waals surface area contributed by atoms with Gasteiger partial charge in [0.2, 0.25) is 0 Å². The molecule has 0 atom stereocenters. The summed E-state index contributed by atoms with van der Waals surface area (Å²) in [5, 5.41) is 2.79. The summed E-state index contributed by atoms with van der Waals surface area (Å²) in [4.78, 5) is 26.6. The lowest BCUT2D eigenvalue weighted by molar-refractivity contribution is 0.979. The van der Waals surface area contributed by atoms with E-state index in [0.717, 1.165) is 0 Å². The molecule has 0 fully saturated rings. The van der Waals surface area contributed by atoms with Gasteiger partial charge >= 0.3 is 5.69 Å². The van der Waals surface area contributed by atoms with E-state index in [1.54, 1.807) is 6.20 Å². The second-order valence-corrected chi connectivity index (χ2v) is 2.51. The van der Waals surface area contributed by atoms with Gasteiger partial charge in [-0.05, 0) is 6.20 Å². The Morgan fingerprint density at radius 3 is 2.92 bits per heavy atom. The number of fused-ring (bicyclic) bond motifs is 1. The summed E-state index contributed by atoms with van der Waals surface area (Å²) < 4.78 is 0. The lowest BCUT2D eigenvalue weighted by atomic mass is 10.2. The highest BCUT2D eigenvalue weighted by Gasteiger charge is 2.08. The Labute approximate surface area is 67.1 Å². The highest BCUT2D eigenvalue weighted by molar-refractivity contribution is 5.48. The van der Waals surface area contributed by atoms with Crippen LogP contribution in [-0.4, -0.2) is 9.97 Å². The minimum Gasteiger partial charge on any atom is -0.348 e. The van der Waals surface area contributed by atoms with Crippen LogP contribution in [0, 0.1) is 0 Å². The SMILES string of the molecule is O=c1[nH]c2c(c(=O)[nH]1)CC=CN2. The molecule has 0 amide bonds. The minimum absolute atomic E-state index is 0.328. The largest absolute Gasteiger partial charge is 0.348 e. The number of H-pyrrole nitrogens is 2. The van der Waals surface area contributed by atoms with Crippen molar-refractivity contribution < 1.29 is 0 Å². The molecule has 0 unspecified atom stereocenters. The lowest BCUT2D eigenvalue weighted by Crippen LogP contribution is -2.27. The molecule has 2 heterocycles. The third kappa shape index (κ3) is 0.952. The standard InChI is InChI=1S/C7H7N3O2/c11-6-4-2-1-3-8-5(4)9-7(12)10-6/h1,3H,2H2,(H3,8,9,10,11,12). The maximum Gasteiger partial charge on any atom is 0.327 e. The van der Waals surface area contributed by atoms with Gasteiger partial charge in [-0.25, -0.2) is 4.79 Å². The molecular formula is C7H7N3O2. The number of allylic oxidation sites excluding steroid dienone is 1. The number of aromatic nitrogens is 2. The third-order valence-electron chi connectivity index (χ3n) is 1.71. The molecule has 1 aromatic heterocycles. The van der Waals surface area contributed by atoms with Crippen molar-refractivity contribution in [3.63, 3.8) is 0 Å². The zero-order chi connectivity index (χ0) is 8.55. The number of rotatable bonds is 0. The summed E-state index contributed by atoms with van der Waals surface area (Å²) in [5.74, 6) is 0.492. The summed E-state index contributed by atoms with van der Waals surface area (Å²) in [5.41, 5.74) is -0.246. The predicted octanol–water partition coefficient (Wildman–Crippen LogP) is -0.455. The molecule has 0 aliphatic carbocycles. The topological polar surface area (TPSA) is 77.8 Å². The van der Waals surface area contributed by atoms with Crippen LogP contribution < -0.4 is 16.6 Å². The summed E-state index contributed by atoms with van der Waals surface area (Å²) in [6.07, 6.45) is 4.06. The second kappa shape index (κ2) is 2.37. The van der Waals surface area contributed by atoms with Gasteiger partial charge in [0.05, 0.1) is 5.56 Å². The molecule has 0 saturated carbocycles. The monoisotopic (exact) mass is 165 g/mol. The number of aromatic amines is 2. The molecule has 5 heteroatoms. The Morgan fingerprint density at radius 2 is 2.08 bits per heavy atom. The Kier molecular flexibility index (Phi) is 1.36. The van der Waals surface area contributed by atoms with Crippen LogP contribution in [0.5, 0.6) is 0 Å². The van der Waals surface area contributed by atoms with Gasteiger partial charge in [-0.2, -0.15) is 0 Å². The van der Waals surface area contributed by atoms with E-state index in [1.165, 1.54) is 0 Å². The first-order valence-corrected chi connectivity index (χ1v) is 3.54. The Hall–Kier alpha value is -1.78. The highest BCUT2D eigenvalue weighted by Crippen LogP contribution is 2.09. The highest BCUT2D eigenvalue weighted by atomic mass is 16.2. The zero-order valence-corrected chi connectivity index (χ0v) is 6.18. The summed E-state index contributed by atoms with van der Waals surface area (Å²) in [7, 11) is 0. The van der Waals surface area contributed by atoms with Gasteiger partial charge in [-0.15, -0.1) is 0 Å². The number of hydrogen-bond acceptors (Lipinski definition) is 3. The van der Waals surface area contributed by atoms with Crippen LogP contribution in [-0.2, 0) is 6.42 Å². The molecule has 62 valence electrons. The van der Waals surface area contributed by atoms with E-state index in [0.29, 0.717) is 17.8 Å². The third-order valence-corrected chi connectivity index (χ3v) is 1.71. The van der Waals surface area contributed by atoms with Crippen molar-refractivity contribution in [2.45, 2.75) is 6.42 Å². The molecule has 3 N–H and O–H groups in total. The average Bonchev–Trinajstić information content (AvgIpc) is 2.04. The van der Waals surface area contributed by atoms with Gasteiger partial charge in [0.1, 0.15) is 5.82 Å². The van der Waals surface area contributed by atoms with E-state index in [4.69, 9.17) is 0 Å². The molecule has 1 aliphatic rings. The van der Waals surface area contributed by atoms with Crippen molar-refractivity contribution in [3.8, 4) is 0 Å². The predicted molar refractivity (Wildman–Crippen MR) is 44.2 cm³/mol. The first-order chi connectivity index (χ1) is 5.77. The molecule has 0 radical (unpaired) electrons. The Bertz CT molecular complexity index is 441. The van der Waals surface area contributed by atoms with E-state index in [2.05, 4.69) is 15.3 Å². The fourth-order valence-corrected chi connectivity index (χ4v) is 1.15. The van der Waals surface area contributed by atoms with E-state index in [1.807, 2.05) is 6.08 Å². The minimum atomic E-state index is -0.485. The van der Waals surface area contributed by atoms with E-state index in [9.17, 15) is 9.59 Å². The van der Waals surface area contributed by atoms with Gasteiger partial charge in [0, 0.05) is 6.42 Å². The van der Waals surface area contributed by atoms with Crippen LogP contribution in [0.1, 0.15) is 5.56 Å². The van der Waals surface area contributed by atoms with Crippen LogP contribution in [0.25, 0.3) is 0 Å². The Balaban J connectivity index is 2.73. The second-order valence-electron chi connectivity index (χ2n) is 2.51. The maximum absolute atomic E-state index is 11.1. The normalized spacial score (nSPS) is 13.7. The molecule has 5 nitrogen and oxygen atoms in total. The summed E-state index contributed by atoms with van der Waals surface area (Å²) >= 11 is 0. The van der Waals surface area contributed by atoms with Crippen molar-refractivity contribution in [2.24, 2.45) is 0 Å². The molecule has 1 aliphatic heterocycles. The van der Waals surface area contributed by atoms with Gasteiger partial charge < -0.3 is 5.32 Å². The van der Waals surface area contributed by atoms with Crippen molar-refractivity contribution in [1.82, 2.24) is 9.97 Å². The van der Waals surface area contributed by atoms with Crippen LogP contribution in [0.4, 0.5) is 5.82 Å². The van der Waals surface area contributed by atoms with Gasteiger partial charge in [0.25, 0.3) is 5.56 Å². The fraction of sp³-hybridized carbons (Fsp3) is 0.143. The molecule has 0 spiro atoms. The molecule has 0 saturated heterocycles. The fourth-order valence-electron chi connectivity index (χ4n) is 1.15. The molecule has 12 heavy (non-hydrogen) atoms. The van der Waals surface area contributed by atoms with Gasteiger partial charge in [0.15, 0.2) is 0 Å². The zero-order valence-electron chi connectivity index (χ0n) is 6.18. The quantitative estimate of drug-likeness (QED) is 0.487. The number of anilines is 1. The summed E-state index contributed by atoms with van der Waals surface area (Å²) in [6, 6.07) is 0. The Morgan fingerprint density at radius 1 is 1.25 bits per heavy atom.